The molecule has 0 aliphatic carbocycles. The maximum Gasteiger partial charge on any atom is 0.412 e. The van der Waals surface area contributed by atoms with Crippen LogP contribution in [-0.4, -0.2) is 48.3 Å². The number of carbonyl (C=O) groups excluding carboxylic acids is 3. The molecule has 0 atom stereocenters. The molecule has 1 aromatic heterocycles. The Balaban J connectivity index is 1.52. The van der Waals surface area contributed by atoms with Gasteiger partial charge in [-0.3, -0.25) is 14.9 Å². The molecular weight excluding hydrogens is 472 g/mol. The summed E-state index contributed by atoms with van der Waals surface area (Å²) in [6.07, 6.45) is 2.74. The number of hydrogen-bond acceptors (Lipinski definition) is 6. The van der Waals surface area contributed by atoms with Gasteiger partial charge in [-0.05, 0) is 69.2 Å². The number of hydrogen-bond donors (Lipinski definition) is 3. The molecule has 194 valence electrons. The van der Waals surface area contributed by atoms with Gasteiger partial charge >= 0.3 is 6.09 Å². The van der Waals surface area contributed by atoms with Crippen molar-refractivity contribution < 1.29 is 23.9 Å². The first kappa shape index (κ1) is 26.1. The third kappa shape index (κ3) is 6.83. The Labute approximate surface area is 215 Å². The fraction of sp³-hybridized carbons (Fsp3) is 0.357. The highest BCUT2D eigenvalue weighted by atomic mass is 16.6. The third-order valence-electron chi connectivity index (χ3n) is 5.97. The number of carbonyl (C=O) groups is 3. The van der Waals surface area contributed by atoms with Gasteiger partial charge in [-0.25, -0.2) is 9.78 Å². The van der Waals surface area contributed by atoms with Gasteiger partial charge in [0.2, 0.25) is 0 Å². The van der Waals surface area contributed by atoms with Crippen LogP contribution in [0.3, 0.4) is 0 Å². The molecule has 4 rings (SSSR count). The minimum absolute atomic E-state index is 0.149. The van der Waals surface area contributed by atoms with Crippen molar-refractivity contribution >= 4 is 40.1 Å². The minimum Gasteiger partial charge on any atom is -0.444 e. The molecule has 3 amide bonds. The number of nitrogens with zero attached hydrogens (tertiary/aromatic N) is 1. The number of anilines is 2. The van der Waals surface area contributed by atoms with Crippen LogP contribution in [0.4, 0.5) is 16.2 Å². The summed E-state index contributed by atoms with van der Waals surface area (Å²) in [5.41, 5.74) is 0.740. The summed E-state index contributed by atoms with van der Waals surface area (Å²) in [7, 11) is 0. The highest BCUT2D eigenvalue weighted by Gasteiger charge is 2.21. The van der Waals surface area contributed by atoms with Gasteiger partial charge in [0.25, 0.3) is 11.8 Å². The van der Waals surface area contributed by atoms with Gasteiger partial charge in [0.1, 0.15) is 5.60 Å². The molecule has 1 aliphatic heterocycles. The number of fused-ring (bicyclic) bond motifs is 1. The van der Waals surface area contributed by atoms with Crippen LogP contribution in [0.1, 0.15) is 54.5 Å². The first-order valence-electron chi connectivity index (χ1n) is 12.4. The van der Waals surface area contributed by atoms with Crippen molar-refractivity contribution in [2.24, 2.45) is 5.92 Å². The van der Waals surface area contributed by atoms with Gasteiger partial charge in [0, 0.05) is 36.9 Å². The predicted octanol–water partition coefficient (Wildman–Crippen LogP) is 4.99. The lowest BCUT2D eigenvalue weighted by molar-refractivity contribution is 0.0635. The predicted molar refractivity (Wildman–Crippen MR) is 142 cm³/mol. The van der Waals surface area contributed by atoms with Crippen LogP contribution in [0.5, 0.6) is 0 Å². The molecule has 37 heavy (non-hydrogen) atoms. The van der Waals surface area contributed by atoms with Gasteiger partial charge in [0.05, 0.1) is 11.4 Å². The molecule has 1 fully saturated rings. The van der Waals surface area contributed by atoms with Crippen LogP contribution in [0.15, 0.2) is 54.7 Å². The molecule has 3 aromatic rings. The van der Waals surface area contributed by atoms with E-state index < -0.39 is 17.6 Å². The second-order valence-electron chi connectivity index (χ2n) is 9.95. The van der Waals surface area contributed by atoms with E-state index in [4.69, 9.17) is 9.47 Å². The zero-order valence-electron chi connectivity index (χ0n) is 21.3. The largest absolute Gasteiger partial charge is 0.444 e. The van der Waals surface area contributed by atoms with Crippen LogP contribution in [0, 0.1) is 5.92 Å². The maximum atomic E-state index is 13.3. The van der Waals surface area contributed by atoms with Crippen molar-refractivity contribution in [1.29, 1.82) is 0 Å². The van der Waals surface area contributed by atoms with Crippen LogP contribution >= 0.6 is 0 Å². The molecular formula is C28H32N4O5. The monoisotopic (exact) mass is 504 g/mol. The fourth-order valence-electron chi connectivity index (χ4n) is 4.17. The first-order valence-corrected chi connectivity index (χ1v) is 12.4. The third-order valence-corrected chi connectivity index (χ3v) is 5.97. The van der Waals surface area contributed by atoms with Crippen molar-refractivity contribution in [1.82, 2.24) is 10.3 Å². The molecule has 1 aliphatic rings. The molecule has 9 nitrogen and oxygen atoms in total. The standard InChI is InChI=1S/C28H32N4O5/c1-28(2,3)37-27(35)32-22-11-10-21(19-7-4-5-8-20(19)22)25(33)31-23-9-6-14-29-24(23)26(34)30-17-18-12-15-36-16-13-18/h4-11,14,18H,12-13,15-17H2,1-3H3,(H,30,34)(H,31,33)(H,32,35). The highest BCUT2D eigenvalue weighted by Crippen LogP contribution is 2.28. The average Bonchev–Trinajstić information content (AvgIpc) is 2.87. The number of benzene rings is 2. The topological polar surface area (TPSA) is 119 Å². The zero-order chi connectivity index (χ0) is 26.4. The minimum atomic E-state index is -0.641. The lowest BCUT2D eigenvalue weighted by atomic mass is 10.0. The number of rotatable bonds is 6. The quantitative estimate of drug-likeness (QED) is 0.435. The maximum absolute atomic E-state index is 13.3. The van der Waals surface area contributed by atoms with E-state index in [1.165, 1.54) is 6.20 Å². The second-order valence-corrected chi connectivity index (χ2v) is 9.95. The van der Waals surface area contributed by atoms with E-state index in [9.17, 15) is 14.4 Å². The molecule has 1 saturated heterocycles. The zero-order valence-corrected chi connectivity index (χ0v) is 21.3. The highest BCUT2D eigenvalue weighted by molar-refractivity contribution is 6.17. The molecule has 0 bridgehead atoms. The van der Waals surface area contributed by atoms with Gasteiger partial charge in [-0.2, -0.15) is 0 Å². The fourth-order valence-corrected chi connectivity index (χ4v) is 4.17. The van der Waals surface area contributed by atoms with Crippen molar-refractivity contribution in [3.63, 3.8) is 0 Å². The van der Waals surface area contributed by atoms with Gasteiger partial charge in [-0.15, -0.1) is 0 Å². The van der Waals surface area contributed by atoms with Crippen molar-refractivity contribution in [3.8, 4) is 0 Å². The molecule has 0 spiro atoms. The van der Waals surface area contributed by atoms with Crippen LogP contribution in [-0.2, 0) is 9.47 Å². The van der Waals surface area contributed by atoms with Gasteiger partial charge in [0.15, 0.2) is 5.69 Å². The average molecular weight is 505 g/mol. The number of amides is 3. The molecule has 2 aromatic carbocycles. The summed E-state index contributed by atoms with van der Waals surface area (Å²) in [5.74, 6) is -0.380. The summed E-state index contributed by atoms with van der Waals surface area (Å²) in [6, 6.07) is 13.9. The lowest BCUT2D eigenvalue weighted by Gasteiger charge is -2.22. The number of pyridine rings is 1. The number of aromatic nitrogens is 1. The Morgan fingerprint density at radius 1 is 0.919 bits per heavy atom. The Morgan fingerprint density at radius 3 is 2.38 bits per heavy atom. The van der Waals surface area contributed by atoms with E-state index in [1.807, 2.05) is 18.2 Å². The molecule has 2 heterocycles. The van der Waals surface area contributed by atoms with Crippen molar-refractivity contribution in [3.05, 3.63) is 66.0 Å². The summed E-state index contributed by atoms with van der Waals surface area (Å²) < 4.78 is 10.7. The van der Waals surface area contributed by atoms with Crippen LogP contribution in [0.25, 0.3) is 10.8 Å². The SMILES string of the molecule is CC(C)(C)OC(=O)Nc1ccc(C(=O)Nc2cccnc2C(=O)NCC2CCOCC2)c2ccccc12. The Hall–Kier alpha value is -3.98. The first-order chi connectivity index (χ1) is 17.7. The van der Waals surface area contributed by atoms with Crippen LogP contribution < -0.4 is 16.0 Å². The molecule has 9 heteroatoms. The van der Waals surface area contributed by atoms with E-state index in [0.29, 0.717) is 53.4 Å². The smallest absolute Gasteiger partial charge is 0.412 e. The van der Waals surface area contributed by atoms with Crippen molar-refractivity contribution in [2.45, 2.75) is 39.2 Å². The summed E-state index contributed by atoms with van der Waals surface area (Å²) in [5, 5.41) is 9.85. The van der Waals surface area contributed by atoms with E-state index >= 15 is 0 Å². The van der Waals surface area contributed by atoms with Crippen LogP contribution in [0.2, 0.25) is 0 Å². The number of nitrogens with one attached hydrogen (secondary N) is 3. The van der Waals surface area contributed by atoms with E-state index in [0.717, 1.165) is 12.8 Å². The molecule has 0 saturated carbocycles. The van der Waals surface area contributed by atoms with Gasteiger partial charge in [-0.1, -0.05) is 24.3 Å². The summed E-state index contributed by atoms with van der Waals surface area (Å²) in [4.78, 5) is 42.7. The number of ether oxygens (including phenoxy) is 2. The van der Waals surface area contributed by atoms with Crippen molar-refractivity contribution in [2.75, 3.05) is 30.4 Å². The van der Waals surface area contributed by atoms with E-state index in [1.54, 1.807) is 51.1 Å². The lowest BCUT2D eigenvalue weighted by Crippen LogP contribution is -2.33. The summed E-state index contributed by atoms with van der Waals surface area (Å²) >= 11 is 0. The second kappa shape index (κ2) is 11.4. The molecule has 3 N–H and O–H groups in total. The molecule has 0 unspecified atom stereocenters. The van der Waals surface area contributed by atoms with Gasteiger partial charge < -0.3 is 20.1 Å². The normalized spacial score (nSPS) is 14.1. The summed E-state index contributed by atoms with van der Waals surface area (Å²) in [6.45, 7) is 7.29. The van der Waals surface area contributed by atoms with E-state index in [-0.39, 0.29) is 11.6 Å². The Morgan fingerprint density at radius 2 is 1.65 bits per heavy atom. The Kier molecular flexibility index (Phi) is 8.03. The van der Waals surface area contributed by atoms with E-state index in [2.05, 4.69) is 20.9 Å². The molecule has 0 radical (unpaired) electrons. The Bertz CT molecular complexity index is 1300.